The Hall–Kier alpha value is -1.61. The third-order valence-electron chi connectivity index (χ3n) is 3.79. The van der Waals surface area contributed by atoms with E-state index in [4.69, 9.17) is 0 Å². The van der Waals surface area contributed by atoms with Gasteiger partial charge in [-0.2, -0.15) is 0 Å². The molecule has 106 valence electrons. The van der Waals surface area contributed by atoms with Gasteiger partial charge in [0.2, 0.25) is 9.84 Å². The monoisotopic (exact) mass is 288 g/mol. The maximum atomic E-state index is 12.6. The standard InChI is InChI=1S/C17H20O2S/c1-5-15-7-9-17(11-14(15)4)20(18,19)16-8-6-12(2)13(3)10-16/h6-11H,5H2,1-4H3. The van der Waals surface area contributed by atoms with Gasteiger partial charge in [0.1, 0.15) is 0 Å². The minimum atomic E-state index is -3.43. The third-order valence-corrected chi connectivity index (χ3v) is 5.54. The number of hydrogen-bond acceptors (Lipinski definition) is 2. The zero-order chi connectivity index (χ0) is 14.9. The lowest BCUT2D eigenvalue weighted by Gasteiger charge is -2.10. The van der Waals surface area contributed by atoms with Crippen molar-refractivity contribution in [2.24, 2.45) is 0 Å². The van der Waals surface area contributed by atoms with Gasteiger partial charge < -0.3 is 0 Å². The fourth-order valence-electron chi connectivity index (χ4n) is 2.25. The lowest BCUT2D eigenvalue weighted by atomic mass is 10.1. The summed E-state index contributed by atoms with van der Waals surface area (Å²) >= 11 is 0. The second-order valence-electron chi connectivity index (χ2n) is 5.19. The summed E-state index contributed by atoms with van der Waals surface area (Å²) < 4.78 is 25.3. The zero-order valence-corrected chi connectivity index (χ0v) is 13.2. The molecule has 0 saturated carbocycles. The summed E-state index contributed by atoms with van der Waals surface area (Å²) in [6, 6.07) is 10.7. The molecule has 2 nitrogen and oxygen atoms in total. The van der Waals surface area contributed by atoms with Crippen molar-refractivity contribution in [3.05, 3.63) is 58.7 Å². The highest BCUT2D eigenvalue weighted by Crippen LogP contribution is 2.24. The van der Waals surface area contributed by atoms with E-state index in [9.17, 15) is 8.42 Å². The molecule has 0 aliphatic rings. The topological polar surface area (TPSA) is 34.1 Å². The second kappa shape index (κ2) is 5.41. The fraction of sp³-hybridized carbons (Fsp3) is 0.294. The van der Waals surface area contributed by atoms with Crippen LogP contribution in [0.25, 0.3) is 0 Å². The largest absolute Gasteiger partial charge is 0.219 e. The van der Waals surface area contributed by atoms with E-state index in [1.54, 1.807) is 24.3 Å². The number of sulfone groups is 1. The van der Waals surface area contributed by atoms with Crippen LogP contribution in [0, 0.1) is 20.8 Å². The molecule has 0 fully saturated rings. The molecule has 0 amide bonds. The summed E-state index contributed by atoms with van der Waals surface area (Å²) in [5.74, 6) is 0. The summed E-state index contributed by atoms with van der Waals surface area (Å²) in [5, 5.41) is 0. The van der Waals surface area contributed by atoms with Crippen LogP contribution in [0.15, 0.2) is 46.2 Å². The van der Waals surface area contributed by atoms with Crippen LogP contribution < -0.4 is 0 Å². The first-order chi connectivity index (χ1) is 9.36. The lowest BCUT2D eigenvalue weighted by molar-refractivity contribution is 0.596. The lowest BCUT2D eigenvalue weighted by Crippen LogP contribution is -2.04. The Labute approximate surface area is 121 Å². The van der Waals surface area contributed by atoms with Crippen LogP contribution in [-0.4, -0.2) is 8.42 Å². The molecule has 0 bridgehead atoms. The zero-order valence-electron chi connectivity index (χ0n) is 12.4. The SMILES string of the molecule is CCc1ccc(S(=O)(=O)c2ccc(C)c(C)c2)cc1C. The van der Waals surface area contributed by atoms with Crippen molar-refractivity contribution in [3.63, 3.8) is 0 Å². The number of hydrogen-bond donors (Lipinski definition) is 0. The van der Waals surface area contributed by atoms with E-state index >= 15 is 0 Å². The maximum absolute atomic E-state index is 12.6. The van der Waals surface area contributed by atoms with Crippen molar-refractivity contribution < 1.29 is 8.42 Å². The van der Waals surface area contributed by atoms with Crippen LogP contribution in [0.5, 0.6) is 0 Å². The van der Waals surface area contributed by atoms with Gasteiger partial charge in [0.05, 0.1) is 9.79 Å². The van der Waals surface area contributed by atoms with Crippen LogP contribution in [0.3, 0.4) is 0 Å². The van der Waals surface area contributed by atoms with Gasteiger partial charge >= 0.3 is 0 Å². The van der Waals surface area contributed by atoms with Gasteiger partial charge in [-0.25, -0.2) is 8.42 Å². The van der Waals surface area contributed by atoms with E-state index in [1.807, 2.05) is 32.9 Å². The minimum Gasteiger partial charge on any atom is -0.219 e. The Kier molecular flexibility index (Phi) is 4.00. The maximum Gasteiger partial charge on any atom is 0.206 e. The summed E-state index contributed by atoms with van der Waals surface area (Å²) in [4.78, 5) is 0.736. The number of rotatable bonds is 3. The molecule has 0 N–H and O–H groups in total. The number of benzene rings is 2. The second-order valence-corrected chi connectivity index (χ2v) is 7.14. The molecule has 2 rings (SSSR count). The molecular formula is C17H20O2S. The molecule has 0 radical (unpaired) electrons. The van der Waals surface area contributed by atoms with Gasteiger partial charge in [-0.1, -0.05) is 19.1 Å². The summed E-state index contributed by atoms with van der Waals surface area (Å²) in [6.45, 7) is 7.93. The Bertz CT molecular complexity index is 744. The van der Waals surface area contributed by atoms with E-state index in [1.165, 1.54) is 5.56 Å². The smallest absolute Gasteiger partial charge is 0.206 e. The molecule has 0 spiro atoms. The minimum absolute atomic E-state index is 0.365. The Morgan fingerprint density at radius 1 is 0.800 bits per heavy atom. The molecule has 2 aromatic carbocycles. The van der Waals surface area contributed by atoms with Gasteiger partial charge in [0.15, 0.2) is 0 Å². The Morgan fingerprint density at radius 3 is 1.85 bits per heavy atom. The highest BCUT2D eigenvalue weighted by molar-refractivity contribution is 7.91. The first-order valence-electron chi connectivity index (χ1n) is 6.78. The molecular weight excluding hydrogens is 268 g/mol. The van der Waals surface area contributed by atoms with E-state index in [2.05, 4.69) is 6.92 Å². The van der Waals surface area contributed by atoms with Crippen molar-refractivity contribution in [1.82, 2.24) is 0 Å². The van der Waals surface area contributed by atoms with Crippen molar-refractivity contribution >= 4 is 9.84 Å². The molecule has 0 unspecified atom stereocenters. The predicted molar refractivity (Wildman–Crippen MR) is 81.9 cm³/mol. The molecule has 0 saturated heterocycles. The molecule has 2 aromatic rings. The predicted octanol–water partition coefficient (Wildman–Crippen LogP) is 4.01. The van der Waals surface area contributed by atoms with Crippen molar-refractivity contribution in [2.75, 3.05) is 0 Å². The molecule has 0 aliphatic heterocycles. The molecule has 0 aromatic heterocycles. The molecule has 20 heavy (non-hydrogen) atoms. The van der Waals surface area contributed by atoms with Gasteiger partial charge in [0.25, 0.3) is 0 Å². The van der Waals surface area contributed by atoms with Crippen LogP contribution in [0.2, 0.25) is 0 Å². The van der Waals surface area contributed by atoms with Crippen LogP contribution in [-0.2, 0) is 16.3 Å². The van der Waals surface area contributed by atoms with Gasteiger partial charge in [-0.3, -0.25) is 0 Å². The average molecular weight is 288 g/mol. The summed E-state index contributed by atoms with van der Waals surface area (Å²) in [5.41, 5.74) is 4.30. The fourth-order valence-corrected chi connectivity index (χ4v) is 3.68. The van der Waals surface area contributed by atoms with Crippen LogP contribution >= 0.6 is 0 Å². The third kappa shape index (κ3) is 2.63. The highest BCUT2D eigenvalue weighted by atomic mass is 32.2. The Morgan fingerprint density at radius 2 is 1.35 bits per heavy atom. The summed E-state index contributed by atoms with van der Waals surface area (Å²) in [7, 11) is -3.43. The molecule has 0 atom stereocenters. The first-order valence-corrected chi connectivity index (χ1v) is 8.26. The van der Waals surface area contributed by atoms with E-state index in [-0.39, 0.29) is 0 Å². The quantitative estimate of drug-likeness (QED) is 0.855. The number of aryl methyl sites for hydroxylation is 4. The highest BCUT2D eigenvalue weighted by Gasteiger charge is 2.18. The van der Waals surface area contributed by atoms with Crippen molar-refractivity contribution in [2.45, 2.75) is 43.9 Å². The normalized spacial score (nSPS) is 11.6. The molecule has 3 heteroatoms. The van der Waals surface area contributed by atoms with Gasteiger partial charge in [0, 0.05) is 0 Å². The van der Waals surface area contributed by atoms with Crippen LogP contribution in [0.4, 0.5) is 0 Å². The van der Waals surface area contributed by atoms with Crippen molar-refractivity contribution in [1.29, 1.82) is 0 Å². The van der Waals surface area contributed by atoms with Crippen LogP contribution in [0.1, 0.15) is 29.2 Å². The Balaban J connectivity index is 2.54. The molecule has 0 aliphatic carbocycles. The summed E-state index contributed by atoms with van der Waals surface area (Å²) in [6.07, 6.45) is 0.913. The van der Waals surface area contributed by atoms with Gasteiger partial charge in [-0.15, -0.1) is 0 Å². The van der Waals surface area contributed by atoms with E-state index in [0.29, 0.717) is 9.79 Å². The van der Waals surface area contributed by atoms with E-state index in [0.717, 1.165) is 23.1 Å². The van der Waals surface area contributed by atoms with Crippen molar-refractivity contribution in [3.8, 4) is 0 Å². The first kappa shape index (κ1) is 14.8. The van der Waals surface area contributed by atoms with E-state index < -0.39 is 9.84 Å². The molecule has 0 heterocycles. The van der Waals surface area contributed by atoms with Gasteiger partial charge in [-0.05, 0) is 73.7 Å². The average Bonchev–Trinajstić information content (AvgIpc) is 2.41.